The van der Waals surface area contributed by atoms with Crippen molar-refractivity contribution in [1.82, 2.24) is 4.90 Å². The first-order chi connectivity index (χ1) is 6.35. The highest BCUT2D eigenvalue weighted by atomic mass is 16.5. The molecule has 0 aromatic heterocycles. The average molecular weight is 186 g/mol. The Morgan fingerprint density at radius 1 is 1.15 bits per heavy atom. The van der Waals surface area contributed by atoms with Crippen LogP contribution in [0, 0.1) is 11.3 Å². The summed E-state index contributed by atoms with van der Waals surface area (Å²) in [5.74, 6) is 0. The molecule has 0 heterocycles. The molecule has 0 radical (unpaired) electrons. The molecule has 0 saturated heterocycles. The van der Waals surface area contributed by atoms with Crippen LogP contribution < -0.4 is 0 Å². The van der Waals surface area contributed by atoms with Gasteiger partial charge in [0.05, 0.1) is 19.2 Å². The number of hydrogen-bond donors (Lipinski definition) is 0. The summed E-state index contributed by atoms with van der Waals surface area (Å²) in [6.45, 7) is 3.59. The minimum absolute atomic E-state index is 0.465. The number of nitriles is 1. The van der Waals surface area contributed by atoms with Crippen molar-refractivity contribution in [1.29, 1.82) is 5.26 Å². The fourth-order valence-corrected chi connectivity index (χ4v) is 1.02. The van der Waals surface area contributed by atoms with Crippen molar-refractivity contribution in [2.24, 2.45) is 0 Å². The van der Waals surface area contributed by atoms with Crippen LogP contribution in [0.15, 0.2) is 0 Å². The lowest BCUT2D eigenvalue weighted by Gasteiger charge is -2.17. The summed E-state index contributed by atoms with van der Waals surface area (Å²) in [6.07, 6.45) is 0.960. The van der Waals surface area contributed by atoms with Gasteiger partial charge in [-0.05, 0) is 6.42 Å². The van der Waals surface area contributed by atoms with Gasteiger partial charge in [0.1, 0.15) is 0 Å². The molecule has 0 fully saturated rings. The fourth-order valence-electron chi connectivity index (χ4n) is 1.02. The number of methoxy groups -OCH3 is 2. The minimum Gasteiger partial charge on any atom is -0.385 e. The van der Waals surface area contributed by atoms with E-state index in [4.69, 9.17) is 14.7 Å². The lowest BCUT2D eigenvalue weighted by Crippen LogP contribution is -2.29. The molecular weight excluding hydrogens is 168 g/mol. The molecule has 0 bridgehead atoms. The SMILES string of the molecule is COCCCN(CC#N)CCOC. The topological polar surface area (TPSA) is 45.5 Å². The third-order valence-corrected chi connectivity index (χ3v) is 1.73. The zero-order chi connectivity index (χ0) is 9.94. The molecule has 0 aliphatic rings. The van der Waals surface area contributed by atoms with E-state index in [2.05, 4.69) is 11.0 Å². The molecule has 0 aliphatic heterocycles. The molecule has 0 amide bonds. The smallest absolute Gasteiger partial charge is 0.0866 e. The summed E-state index contributed by atoms with van der Waals surface area (Å²) in [7, 11) is 3.35. The van der Waals surface area contributed by atoms with Crippen LogP contribution in [-0.2, 0) is 9.47 Å². The normalized spacial score (nSPS) is 10.3. The van der Waals surface area contributed by atoms with Crippen LogP contribution in [0.1, 0.15) is 6.42 Å². The molecule has 0 aromatic rings. The van der Waals surface area contributed by atoms with Gasteiger partial charge in [0, 0.05) is 33.9 Å². The highest BCUT2D eigenvalue weighted by molar-refractivity contribution is 4.76. The van der Waals surface area contributed by atoms with Crippen molar-refractivity contribution >= 4 is 0 Å². The molecule has 76 valence electrons. The maximum absolute atomic E-state index is 8.53. The van der Waals surface area contributed by atoms with E-state index in [1.807, 2.05) is 0 Å². The predicted octanol–water partition coefficient (Wildman–Crippen LogP) is 0.495. The van der Waals surface area contributed by atoms with Crippen LogP contribution in [0.2, 0.25) is 0 Å². The Labute approximate surface area is 80.0 Å². The van der Waals surface area contributed by atoms with Gasteiger partial charge in [-0.3, -0.25) is 4.90 Å². The molecule has 0 N–H and O–H groups in total. The molecule has 0 unspecified atom stereocenters. The van der Waals surface area contributed by atoms with Gasteiger partial charge in [-0.2, -0.15) is 5.26 Å². The third kappa shape index (κ3) is 7.72. The van der Waals surface area contributed by atoms with Gasteiger partial charge in [-0.25, -0.2) is 0 Å². The van der Waals surface area contributed by atoms with Crippen molar-refractivity contribution < 1.29 is 9.47 Å². The van der Waals surface area contributed by atoms with Crippen molar-refractivity contribution in [2.45, 2.75) is 6.42 Å². The van der Waals surface area contributed by atoms with Gasteiger partial charge in [0.15, 0.2) is 0 Å². The molecule has 0 atom stereocenters. The summed E-state index contributed by atoms with van der Waals surface area (Å²) in [6, 6.07) is 2.13. The third-order valence-electron chi connectivity index (χ3n) is 1.73. The Kier molecular flexibility index (Phi) is 9.00. The van der Waals surface area contributed by atoms with E-state index < -0.39 is 0 Å². The minimum atomic E-state index is 0.465. The zero-order valence-corrected chi connectivity index (χ0v) is 8.45. The molecule has 0 saturated carbocycles. The quantitative estimate of drug-likeness (QED) is 0.409. The highest BCUT2D eigenvalue weighted by Crippen LogP contribution is 1.91. The predicted molar refractivity (Wildman–Crippen MR) is 50.4 cm³/mol. The summed E-state index contributed by atoms with van der Waals surface area (Å²) < 4.78 is 9.88. The van der Waals surface area contributed by atoms with Gasteiger partial charge in [-0.1, -0.05) is 0 Å². The van der Waals surface area contributed by atoms with Gasteiger partial charge < -0.3 is 9.47 Å². The average Bonchev–Trinajstić information content (AvgIpc) is 2.14. The molecule has 4 nitrogen and oxygen atoms in total. The van der Waals surface area contributed by atoms with Crippen LogP contribution in [0.3, 0.4) is 0 Å². The van der Waals surface area contributed by atoms with E-state index in [-0.39, 0.29) is 0 Å². The van der Waals surface area contributed by atoms with Crippen LogP contribution in [0.25, 0.3) is 0 Å². The first-order valence-corrected chi connectivity index (χ1v) is 4.42. The Balaban J connectivity index is 3.48. The fraction of sp³-hybridized carbons (Fsp3) is 0.889. The van der Waals surface area contributed by atoms with Gasteiger partial charge in [0.25, 0.3) is 0 Å². The molecule has 0 aromatic carbocycles. The molecule has 13 heavy (non-hydrogen) atoms. The van der Waals surface area contributed by atoms with Crippen LogP contribution in [0.4, 0.5) is 0 Å². The Bertz CT molecular complexity index is 145. The van der Waals surface area contributed by atoms with Crippen LogP contribution in [-0.4, -0.2) is 52.0 Å². The summed E-state index contributed by atoms with van der Waals surface area (Å²) in [5.41, 5.74) is 0. The lowest BCUT2D eigenvalue weighted by molar-refractivity contribution is 0.140. The number of ether oxygens (including phenoxy) is 2. The standard InChI is InChI=1S/C9H18N2O2/c1-12-8-3-5-11(6-4-10)7-9-13-2/h3,5-9H2,1-2H3. The van der Waals surface area contributed by atoms with Crippen molar-refractivity contribution in [3.8, 4) is 6.07 Å². The second kappa shape index (κ2) is 9.46. The Morgan fingerprint density at radius 3 is 2.38 bits per heavy atom. The van der Waals surface area contributed by atoms with Gasteiger partial charge in [-0.15, -0.1) is 0 Å². The van der Waals surface area contributed by atoms with Crippen molar-refractivity contribution in [2.75, 3.05) is 47.1 Å². The van der Waals surface area contributed by atoms with E-state index >= 15 is 0 Å². The summed E-state index contributed by atoms with van der Waals surface area (Å²) in [5, 5.41) is 8.53. The number of nitrogens with zero attached hydrogens (tertiary/aromatic N) is 2. The van der Waals surface area contributed by atoms with Crippen molar-refractivity contribution in [3.05, 3.63) is 0 Å². The lowest BCUT2D eigenvalue weighted by atomic mass is 10.4. The monoisotopic (exact) mass is 186 g/mol. The largest absolute Gasteiger partial charge is 0.385 e. The maximum atomic E-state index is 8.53. The van der Waals surface area contributed by atoms with Gasteiger partial charge in [0.2, 0.25) is 0 Å². The van der Waals surface area contributed by atoms with Gasteiger partial charge >= 0.3 is 0 Å². The highest BCUT2D eigenvalue weighted by Gasteiger charge is 2.02. The number of hydrogen-bond acceptors (Lipinski definition) is 4. The Morgan fingerprint density at radius 2 is 1.85 bits per heavy atom. The number of rotatable bonds is 8. The molecule has 0 aliphatic carbocycles. The first-order valence-electron chi connectivity index (χ1n) is 4.42. The van der Waals surface area contributed by atoms with E-state index in [1.54, 1.807) is 14.2 Å². The van der Waals surface area contributed by atoms with E-state index in [9.17, 15) is 0 Å². The Hall–Kier alpha value is -0.630. The molecule has 0 rings (SSSR count). The first kappa shape index (κ1) is 12.4. The van der Waals surface area contributed by atoms with Crippen molar-refractivity contribution in [3.63, 3.8) is 0 Å². The molecule has 4 heteroatoms. The molecular formula is C9H18N2O2. The second-order valence-corrected chi connectivity index (χ2v) is 2.77. The maximum Gasteiger partial charge on any atom is 0.0866 e. The van der Waals surface area contributed by atoms with Crippen LogP contribution in [0.5, 0.6) is 0 Å². The van der Waals surface area contributed by atoms with Crippen LogP contribution >= 0.6 is 0 Å². The summed E-state index contributed by atoms with van der Waals surface area (Å²) >= 11 is 0. The van der Waals surface area contributed by atoms with E-state index in [0.29, 0.717) is 13.2 Å². The summed E-state index contributed by atoms with van der Waals surface area (Å²) in [4.78, 5) is 2.06. The second-order valence-electron chi connectivity index (χ2n) is 2.77. The van der Waals surface area contributed by atoms with E-state index in [0.717, 1.165) is 26.1 Å². The zero-order valence-electron chi connectivity index (χ0n) is 8.45. The molecule has 0 spiro atoms. The van der Waals surface area contributed by atoms with E-state index in [1.165, 1.54) is 0 Å².